The van der Waals surface area contributed by atoms with E-state index in [-0.39, 0.29) is 30.7 Å². The normalized spacial score (nSPS) is 16.2. The van der Waals surface area contributed by atoms with E-state index in [1.807, 2.05) is 24.3 Å². The number of halogens is 1. The molecule has 0 bridgehead atoms. The van der Waals surface area contributed by atoms with Crippen molar-refractivity contribution in [2.75, 3.05) is 20.4 Å². The molecule has 0 saturated heterocycles. The highest BCUT2D eigenvalue weighted by Crippen LogP contribution is 2.00. The Kier molecular flexibility index (Phi) is 3.96. The van der Waals surface area contributed by atoms with Crippen molar-refractivity contribution in [3.63, 3.8) is 0 Å². The number of rotatable bonds is 1. The van der Waals surface area contributed by atoms with Crippen LogP contribution in [0.25, 0.3) is 0 Å². The van der Waals surface area contributed by atoms with Crippen molar-refractivity contribution >= 4 is 24.0 Å². The van der Waals surface area contributed by atoms with Crippen molar-refractivity contribution < 1.29 is 5.11 Å². The zero-order chi connectivity index (χ0) is 5.98. The maximum atomic E-state index is 8.53. The van der Waals surface area contributed by atoms with Crippen LogP contribution in [0, 0.1) is 0 Å². The fourth-order valence-electron chi connectivity index (χ4n) is 0.681. The smallest absolute Gasteiger partial charge is 0.116 e. The van der Waals surface area contributed by atoms with Crippen molar-refractivity contribution in [1.29, 1.82) is 0 Å². The van der Waals surface area contributed by atoms with Gasteiger partial charge in [0.25, 0.3) is 0 Å². The van der Waals surface area contributed by atoms with E-state index in [2.05, 4.69) is 0 Å². The highest BCUT2D eigenvalue weighted by atomic mass is 127. The third-order valence-electron chi connectivity index (χ3n) is 1.12. The fourth-order valence-corrected chi connectivity index (χ4v) is 0.681. The predicted molar refractivity (Wildman–Crippen MR) is 46.1 cm³/mol. The molecule has 4 heteroatoms. The summed E-state index contributed by atoms with van der Waals surface area (Å²) in [4.78, 5) is 3.80. The first-order valence-corrected chi connectivity index (χ1v) is 2.56. The van der Waals surface area contributed by atoms with Crippen molar-refractivity contribution in [3.8, 4) is 0 Å². The van der Waals surface area contributed by atoms with Gasteiger partial charge in [0.1, 0.15) is 6.73 Å². The van der Waals surface area contributed by atoms with E-state index in [9.17, 15) is 0 Å². The highest BCUT2D eigenvalue weighted by Gasteiger charge is 2.04. The third-order valence-corrected chi connectivity index (χ3v) is 1.12. The molecule has 1 heterocycles. The van der Waals surface area contributed by atoms with E-state index in [0.717, 1.165) is 6.67 Å². The van der Waals surface area contributed by atoms with Gasteiger partial charge in [-0.25, -0.2) is 0 Å². The second-order valence-electron chi connectivity index (χ2n) is 1.93. The van der Waals surface area contributed by atoms with Gasteiger partial charge in [-0.1, -0.05) is 0 Å². The van der Waals surface area contributed by atoms with Crippen LogP contribution in [0.5, 0.6) is 0 Å². The molecule has 0 spiro atoms. The van der Waals surface area contributed by atoms with E-state index in [1.54, 1.807) is 4.90 Å². The summed E-state index contributed by atoms with van der Waals surface area (Å²) in [6.07, 6.45) is 3.79. The molecule has 0 atom stereocenters. The van der Waals surface area contributed by atoms with E-state index >= 15 is 0 Å². The van der Waals surface area contributed by atoms with Crippen molar-refractivity contribution in [2.24, 2.45) is 0 Å². The van der Waals surface area contributed by atoms with Crippen LogP contribution >= 0.6 is 24.0 Å². The second-order valence-corrected chi connectivity index (χ2v) is 1.93. The number of aliphatic hydroxyl groups excluding tert-OH is 1. The van der Waals surface area contributed by atoms with E-state index in [0.29, 0.717) is 0 Å². The molecule has 1 rings (SSSR count). The van der Waals surface area contributed by atoms with E-state index in [4.69, 9.17) is 5.11 Å². The Bertz CT molecular complexity index is 107. The Morgan fingerprint density at radius 1 is 1.56 bits per heavy atom. The SMILES string of the molecule is CN1C=CN(CO)C1.I. The highest BCUT2D eigenvalue weighted by molar-refractivity contribution is 14.0. The average molecular weight is 242 g/mol. The third kappa shape index (κ3) is 2.40. The van der Waals surface area contributed by atoms with Gasteiger partial charge in [-0.15, -0.1) is 24.0 Å². The molecule has 54 valence electrons. The van der Waals surface area contributed by atoms with Gasteiger partial charge in [0, 0.05) is 19.4 Å². The molecule has 1 aliphatic heterocycles. The summed E-state index contributed by atoms with van der Waals surface area (Å²) in [5.41, 5.74) is 0. The molecular weight excluding hydrogens is 231 g/mol. The molecule has 0 aromatic carbocycles. The molecule has 1 N–H and O–H groups in total. The summed E-state index contributed by atoms with van der Waals surface area (Å²) < 4.78 is 0. The van der Waals surface area contributed by atoms with Crippen LogP contribution in [0.1, 0.15) is 0 Å². The number of hydrogen-bond donors (Lipinski definition) is 1. The van der Waals surface area contributed by atoms with Crippen molar-refractivity contribution in [1.82, 2.24) is 9.80 Å². The van der Waals surface area contributed by atoms with Crippen molar-refractivity contribution in [3.05, 3.63) is 12.4 Å². The van der Waals surface area contributed by atoms with Crippen LogP contribution in [0.15, 0.2) is 12.4 Å². The summed E-state index contributed by atoms with van der Waals surface area (Å²) in [5, 5.41) is 8.53. The monoisotopic (exact) mass is 242 g/mol. The first-order chi connectivity index (χ1) is 3.83. The number of hydrogen-bond acceptors (Lipinski definition) is 3. The predicted octanol–water partition coefficient (Wildman–Crippen LogP) is 0.230. The minimum atomic E-state index is 0. The van der Waals surface area contributed by atoms with Gasteiger partial charge in [-0.2, -0.15) is 0 Å². The molecule has 0 aliphatic carbocycles. The van der Waals surface area contributed by atoms with E-state index in [1.165, 1.54) is 0 Å². The summed E-state index contributed by atoms with van der Waals surface area (Å²) in [6.45, 7) is 0.914. The Labute approximate surface area is 72.0 Å². The summed E-state index contributed by atoms with van der Waals surface area (Å²) >= 11 is 0. The van der Waals surface area contributed by atoms with Crippen LogP contribution in [0.4, 0.5) is 0 Å². The summed E-state index contributed by atoms with van der Waals surface area (Å²) in [6, 6.07) is 0. The molecule has 0 aromatic rings. The lowest BCUT2D eigenvalue weighted by molar-refractivity contribution is 0.135. The topological polar surface area (TPSA) is 26.7 Å². The lowest BCUT2D eigenvalue weighted by atomic mass is 10.8. The summed E-state index contributed by atoms with van der Waals surface area (Å²) in [5.74, 6) is 0. The van der Waals surface area contributed by atoms with Crippen molar-refractivity contribution in [2.45, 2.75) is 0 Å². The first kappa shape index (κ1) is 9.03. The Morgan fingerprint density at radius 3 is 2.44 bits per heavy atom. The minimum Gasteiger partial charge on any atom is -0.376 e. The van der Waals surface area contributed by atoms with E-state index < -0.39 is 0 Å². The molecule has 0 saturated carbocycles. The molecule has 9 heavy (non-hydrogen) atoms. The average Bonchev–Trinajstić information content (AvgIpc) is 2.14. The van der Waals surface area contributed by atoms with Crippen LogP contribution in [-0.4, -0.2) is 35.4 Å². The summed E-state index contributed by atoms with van der Waals surface area (Å²) in [7, 11) is 1.96. The van der Waals surface area contributed by atoms with Gasteiger partial charge < -0.3 is 14.9 Å². The number of aliphatic hydroxyl groups is 1. The van der Waals surface area contributed by atoms with Gasteiger partial charge in [0.2, 0.25) is 0 Å². The molecule has 0 fully saturated rings. The molecule has 0 unspecified atom stereocenters. The Morgan fingerprint density at radius 2 is 2.22 bits per heavy atom. The second kappa shape index (κ2) is 3.94. The Balaban J connectivity index is 0.000000640. The minimum absolute atomic E-state index is 0. The van der Waals surface area contributed by atoms with Crippen LogP contribution in [0.3, 0.4) is 0 Å². The standard InChI is InChI=1S/C5H10N2O.HI/c1-6-2-3-7(4-6)5-8;/h2-3,8H,4-5H2,1H3;1H. The Hall–Kier alpha value is 0.0300. The lowest BCUT2D eigenvalue weighted by Crippen LogP contribution is -2.22. The fraction of sp³-hybridized carbons (Fsp3) is 0.600. The molecule has 3 nitrogen and oxygen atoms in total. The zero-order valence-electron chi connectivity index (χ0n) is 5.32. The molecular formula is C5H11IN2O. The van der Waals surface area contributed by atoms with Gasteiger partial charge in [0.15, 0.2) is 0 Å². The molecule has 1 aliphatic rings. The maximum absolute atomic E-state index is 8.53. The molecule has 0 radical (unpaired) electrons. The zero-order valence-corrected chi connectivity index (χ0v) is 7.65. The first-order valence-electron chi connectivity index (χ1n) is 2.56. The van der Waals surface area contributed by atoms with Gasteiger partial charge in [-0.05, 0) is 0 Å². The number of nitrogens with zero attached hydrogens (tertiary/aromatic N) is 2. The largest absolute Gasteiger partial charge is 0.376 e. The lowest BCUT2D eigenvalue weighted by Gasteiger charge is -2.13. The van der Waals surface area contributed by atoms with Crippen LogP contribution in [-0.2, 0) is 0 Å². The molecule has 0 aromatic heterocycles. The van der Waals surface area contributed by atoms with Crippen LogP contribution < -0.4 is 0 Å². The quantitative estimate of drug-likeness (QED) is 0.667. The maximum Gasteiger partial charge on any atom is 0.116 e. The van der Waals surface area contributed by atoms with Gasteiger partial charge in [0.05, 0.1) is 6.67 Å². The van der Waals surface area contributed by atoms with Crippen LogP contribution in [0.2, 0.25) is 0 Å². The molecule has 0 amide bonds. The van der Waals surface area contributed by atoms with Gasteiger partial charge in [-0.3, -0.25) is 0 Å². The van der Waals surface area contributed by atoms with Gasteiger partial charge >= 0.3 is 0 Å².